The maximum absolute atomic E-state index is 13.2. The molecule has 0 aromatic heterocycles. The van der Waals surface area contributed by atoms with Crippen LogP contribution in [0.3, 0.4) is 0 Å². The maximum atomic E-state index is 13.2. The van der Waals surface area contributed by atoms with Gasteiger partial charge in [0.25, 0.3) is 11.8 Å². The summed E-state index contributed by atoms with van der Waals surface area (Å²) in [6, 6.07) is 6.92. The van der Waals surface area contributed by atoms with Gasteiger partial charge in [0.1, 0.15) is 18.0 Å². The van der Waals surface area contributed by atoms with E-state index >= 15 is 0 Å². The number of halogens is 2. The molecule has 3 rings (SSSR count). The Hall–Kier alpha value is -3.64. The first-order valence-corrected chi connectivity index (χ1v) is 9.25. The molecule has 1 N–H and O–H groups in total. The van der Waals surface area contributed by atoms with Crippen molar-refractivity contribution < 1.29 is 28.2 Å². The molecule has 0 aliphatic carbocycles. The van der Waals surface area contributed by atoms with Gasteiger partial charge in [-0.1, -0.05) is 21.9 Å². The van der Waals surface area contributed by atoms with Crippen molar-refractivity contribution in [2.24, 2.45) is 0 Å². The topological polar surface area (TPSA) is 84.9 Å². The highest BCUT2D eigenvalue weighted by molar-refractivity contribution is 9.10. The fourth-order valence-corrected chi connectivity index (χ4v) is 3.13. The van der Waals surface area contributed by atoms with Gasteiger partial charge >= 0.3 is 6.03 Å². The summed E-state index contributed by atoms with van der Waals surface area (Å²) in [6.07, 6.45) is 6.50. The van der Waals surface area contributed by atoms with E-state index in [-0.39, 0.29) is 17.9 Å². The number of imide groups is 2. The highest BCUT2D eigenvalue weighted by atomic mass is 79.9. The van der Waals surface area contributed by atoms with Crippen LogP contribution in [0.4, 0.5) is 14.9 Å². The lowest BCUT2D eigenvalue weighted by molar-refractivity contribution is -0.122. The van der Waals surface area contributed by atoms with Gasteiger partial charge in [-0.05, 0) is 48.0 Å². The summed E-state index contributed by atoms with van der Waals surface area (Å²) in [7, 11) is 1.43. The van der Waals surface area contributed by atoms with Crippen LogP contribution >= 0.6 is 15.9 Å². The number of carbonyl (C=O) groups excluding carboxylic acids is 3. The number of ether oxygens (including phenoxy) is 2. The normalized spacial score (nSPS) is 15.1. The van der Waals surface area contributed by atoms with Crippen LogP contribution in [0.1, 0.15) is 5.56 Å². The van der Waals surface area contributed by atoms with Crippen molar-refractivity contribution in [2.45, 2.75) is 0 Å². The zero-order chi connectivity index (χ0) is 21.8. The molecule has 0 saturated carbocycles. The molecular formula is C21H14BrFN2O5. The number of hydrogen-bond donors (Lipinski definition) is 1. The molecule has 1 heterocycles. The Morgan fingerprint density at radius 1 is 1.20 bits per heavy atom. The Morgan fingerprint density at radius 3 is 2.53 bits per heavy atom. The van der Waals surface area contributed by atoms with Gasteiger partial charge in [-0.3, -0.25) is 14.9 Å². The standard InChI is InChI=1S/C21H14BrFN2O5/c1-3-8-30-18-11-16(22)12(10-17(18)29-2)9-15-19(26)24-21(28)25(20(15)27)14-6-4-13(23)5-7-14/h1,4-7,9-11H,8H2,2H3,(H,24,26,28)/b15-9+. The Morgan fingerprint density at radius 2 is 1.90 bits per heavy atom. The number of hydrogen-bond acceptors (Lipinski definition) is 5. The highest BCUT2D eigenvalue weighted by Crippen LogP contribution is 2.35. The van der Waals surface area contributed by atoms with Crippen LogP contribution in [-0.2, 0) is 9.59 Å². The lowest BCUT2D eigenvalue weighted by Crippen LogP contribution is -2.54. The number of barbiturate groups is 1. The van der Waals surface area contributed by atoms with E-state index in [9.17, 15) is 18.8 Å². The van der Waals surface area contributed by atoms with Crippen molar-refractivity contribution in [3.63, 3.8) is 0 Å². The van der Waals surface area contributed by atoms with Crippen LogP contribution in [-0.4, -0.2) is 31.6 Å². The fourth-order valence-electron chi connectivity index (χ4n) is 2.69. The SMILES string of the molecule is C#CCOc1cc(Br)c(/C=C2\C(=O)NC(=O)N(c3ccc(F)cc3)C2=O)cc1OC. The molecule has 1 aliphatic heterocycles. The van der Waals surface area contributed by atoms with E-state index in [0.717, 1.165) is 17.0 Å². The van der Waals surface area contributed by atoms with Gasteiger partial charge in [-0.2, -0.15) is 0 Å². The predicted octanol–water partition coefficient (Wildman–Crippen LogP) is 3.28. The zero-order valence-electron chi connectivity index (χ0n) is 15.6. The number of carbonyl (C=O) groups is 3. The van der Waals surface area contributed by atoms with Gasteiger partial charge in [0.05, 0.1) is 12.8 Å². The van der Waals surface area contributed by atoms with Gasteiger partial charge in [0, 0.05) is 4.47 Å². The molecule has 9 heteroatoms. The summed E-state index contributed by atoms with van der Waals surface area (Å²) in [5.41, 5.74) is 0.248. The molecule has 0 radical (unpaired) electrons. The van der Waals surface area contributed by atoms with E-state index in [4.69, 9.17) is 15.9 Å². The summed E-state index contributed by atoms with van der Waals surface area (Å²) in [4.78, 5) is 38.2. The molecule has 2 aromatic rings. The van der Waals surface area contributed by atoms with Crippen LogP contribution in [0.25, 0.3) is 6.08 Å². The first-order chi connectivity index (χ1) is 14.3. The second kappa shape index (κ2) is 8.80. The lowest BCUT2D eigenvalue weighted by Gasteiger charge is -2.26. The number of terminal acetylenes is 1. The third kappa shape index (κ3) is 4.18. The van der Waals surface area contributed by atoms with E-state index < -0.39 is 23.7 Å². The van der Waals surface area contributed by atoms with Crippen molar-refractivity contribution in [2.75, 3.05) is 18.6 Å². The molecule has 0 unspecified atom stereocenters. The number of amides is 4. The number of rotatable bonds is 5. The molecular weight excluding hydrogens is 459 g/mol. The third-order valence-corrected chi connectivity index (χ3v) is 4.77. The Bertz CT molecular complexity index is 1110. The molecule has 1 aliphatic rings. The van der Waals surface area contributed by atoms with Gasteiger partial charge in [0.15, 0.2) is 11.5 Å². The van der Waals surface area contributed by atoms with Crippen LogP contribution < -0.4 is 19.7 Å². The number of anilines is 1. The largest absolute Gasteiger partial charge is 0.493 e. The van der Waals surface area contributed by atoms with Crippen molar-refractivity contribution in [1.29, 1.82) is 0 Å². The van der Waals surface area contributed by atoms with E-state index in [1.165, 1.54) is 25.3 Å². The molecule has 1 saturated heterocycles. The Kier molecular flexibility index (Phi) is 6.18. The second-order valence-electron chi connectivity index (χ2n) is 5.95. The average molecular weight is 473 g/mol. The van der Waals surface area contributed by atoms with Crippen LogP contribution in [0.5, 0.6) is 11.5 Å². The molecule has 4 amide bonds. The fraction of sp³-hybridized carbons (Fsp3) is 0.0952. The third-order valence-electron chi connectivity index (χ3n) is 4.08. The van der Waals surface area contributed by atoms with E-state index in [2.05, 4.69) is 27.2 Å². The quantitative estimate of drug-likeness (QED) is 0.410. The first kappa shape index (κ1) is 21.1. The first-order valence-electron chi connectivity index (χ1n) is 8.46. The molecule has 2 aromatic carbocycles. The lowest BCUT2D eigenvalue weighted by atomic mass is 10.1. The molecule has 0 bridgehead atoms. The number of benzene rings is 2. The summed E-state index contributed by atoms with van der Waals surface area (Å²) >= 11 is 3.35. The molecule has 152 valence electrons. The highest BCUT2D eigenvalue weighted by Gasteiger charge is 2.37. The van der Waals surface area contributed by atoms with Crippen LogP contribution in [0.2, 0.25) is 0 Å². The van der Waals surface area contributed by atoms with Crippen molar-refractivity contribution in [3.05, 3.63) is 57.8 Å². The number of nitrogens with one attached hydrogen (secondary N) is 1. The number of nitrogens with zero attached hydrogens (tertiary/aromatic N) is 1. The van der Waals surface area contributed by atoms with Crippen LogP contribution in [0.15, 0.2) is 46.4 Å². The van der Waals surface area contributed by atoms with Gasteiger partial charge in [-0.25, -0.2) is 14.1 Å². The minimum Gasteiger partial charge on any atom is -0.493 e. The minimum atomic E-state index is -0.927. The van der Waals surface area contributed by atoms with Crippen molar-refractivity contribution >= 4 is 45.5 Å². The monoisotopic (exact) mass is 472 g/mol. The zero-order valence-corrected chi connectivity index (χ0v) is 17.2. The average Bonchev–Trinajstić information content (AvgIpc) is 2.71. The van der Waals surface area contributed by atoms with Crippen LogP contribution in [0, 0.1) is 18.2 Å². The minimum absolute atomic E-state index is 0.0267. The smallest absolute Gasteiger partial charge is 0.335 e. The maximum Gasteiger partial charge on any atom is 0.335 e. The van der Waals surface area contributed by atoms with E-state index in [1.807, 2.05) is 0 Å². The van der Waals surface area contributed by atoms with Gasteiger partial charge in [-0.15, -0.1) is 6.42 Å². The van der Waals surface area contributed by atoms with Crippen molar-refractivity contribution in [1.82, 2.24) is 5.32 Å². The van der Waals surface area contributed by atoms with Gasteiger partial charge < -0.3 is 9.47 Å². The summed E-state index contributed by atoms with van der Waals surface area (Å²) in [5, 5.41) is 2.10. The summed E-state index contributed by atoms with van der Waals surface area (Å²) in [6.45, 7) is 0.0267. The van der Waals surface area contributed by atoms with Gasteiger partial charge in [0.2, 0.25) is 0 Å². The number of urea groups is 1. The molecule has 7 nitrogen and oxygen atoms in total. The molecule has 30 heavy (non-hydrogen) atoms. The second-order valence-corrected chi connectivity index (χ2v) is 6.81. The predicted molar refractivity (Wildman–Crippen MR) is 110 cm³/mol. The summed E-state index contributed by atoms with van der Waals surface area (Å²) in [5.74, 6) is 0.799. The Labute approximate surface area is 179 Å². The van der Waals surface area contributed by atoms with Crippen molar-refractivity contribution in [3.8, 4) is 23.8 Å². The molecule has 1 fully saturated rings. The molecule has 0 atom stereocenters. The van der Waals surface area contributed by atoms with E-state index in [1.54, 1.807) is 12.1 Å². The Balaban J connectivity index is 2.02. The van der Waals surface area contributed by atoms with E-state index in [0.29, 0.717) is 21.5 Å². The summed E-state index contributed by atoms with van der Waals surface area (Å²) < 4.78 is 24.4. The molecule has 0 spiro atoms. The number of methoxy groups -OCH3 is 1.